The summed E-state index contributed by atoms with van der Waals surface area (Å²) in [5.41, 5.74) is 1.34. The Bertz CT molecular complexity index is 493. The van der Waals surface area contributed by atoms with E-state index in [1.807, 2.05) is 6.20 Å². The van der Waals surface area contributed by atoms with Crippen molar-refractivity contribution in [2.45, 2.75) is 26.3 Å². The molecule has 0 spiro atoms. The molecule has 0 amide bonds. The predicted molar refractivity (Wildman–Crippen MR) is 81.1 cm³/mol. The number of halogens is 1. The van der Waals surface area contributed by atoms with Gasteiger partial charge in [-0.2, -0.15) is 0 Å². The summed E-state index contributed by atoms with van der Waals surface area (Å²) in [6.07, 6.45) is 2.99. The maximum atomic E-state index is 4.35. The van der Waals surface area contributed by atoms with Gasteiger partial charge in [0.2, 0.25) is 0 Å². The predicted octanol–water partition coefficient (Wildman–Crippen LogP) is 4.11. The molecule has 0 saturated heterocycles. The molecule has 1 atom stereocenters. The van der Waals surface area contributed by atoms with Gasteiger partial charge in [-0.05, 0) is 37.6 Å². The Morgan fingerprint density at radius 3 is 2.61 bits per heavy atom. The number of nitrogens with zero attached hydrogens (tertiary/aromatic N) is 1. The summed E-state index contributed by atoms with van der Waals surface area (Å²) in [5.74, 6) is 0. The van der Waals surface area contributed by atoms with Gasteiger partial charge in [-0.25, -0.2) is 4.98 Å². The van der Waals surface area contributed by atoms with Gasteiger partial charge in [0, 0.05) is 21.6 Å². The number of aryl methyl sites for hydroxylation is 1. The summed E-state index contributed by atoms with van der Waals surface area (Å²) < 4.78 is 1.12. The van der Waals surface area contributed by atoms with Crippen LogP contribution in [-0.2, 0) is 6.42 Å². The second kappa shape index (κ2) is 6.45. The van der Waals surface area contributed by atoms with Crippen LogP contribution in [0.15, 0.2) is 34.9 Å². The van der Waals surface area contributed by atoms with E-state index in [2.05, 4.69) is 64.3 Å². The van der Waals surface area contributed by atoms with Crippen molar-refractivity contribution in [2.75, 3.05) is 6.54 Å². The lowest BCUT2D eigenvalue weighted by Gasteiger charge is -2.16. The van der Waals surface area contributed by atoms with Crippen molar-refractivity contribution in [3.05, 3.63) is 50.4 Å². The minimum absolute atomic E-state index is 0.363. The van der Waals surface area contributed by atoms with Crippen LogP contribution in [0, 0.1) is 6.92 Å². The van der Waals surface area contributed by atoms with Crippen LogP contribution in [0.1, 0.15) is 28.4 Å². The highest BCUT2D eigenvalue weighted by molar-refractivity contribution is 9.10. The molecule has 4 heteroatoms. The molecule has 2 rings (SSSR count). The van der Waals surface area contributed by atoms with Crippen LogP contribution < -0.4 is 5.32 Å². The highest BCUT2D eigenvalue weighted by atomic mass is 79.9. The van der Waals surface area contributed by atoms with Crippen LogP contribution >= 0.6 is 27.3 Å². The zero-order valence-electron chi connectivity index (χ0n) is 10.6. The van der Waals surface area contributed by atoms with Gasteiger partial charge < -0.3 is 5.32 Å². The fraction of sp³-hybridized carbons (Fsp3) is 0.357. The summed E-state index contributed by atoms with van der Waals surface area (Å²) in [6, 6.07) is 8.89. The number of hydrogen-bond acceptors (Lipinski definition) is 3. The van der Waals surface area contributed by atoms with Crippen LogP contribution in [0.25, 0.3) is 0 Å². The Labute approximate surface area is 121 Å². The molecule has 1 aromatic heterocycles. The summed E-state index contributed by atoms with van der Waals surface area (Å²) >= 11 is 5.24. The Kier molecular flexibility index (Phi) is 4.92. The summed E-state index contributed by atoms with van der Waals surface area (Å²) in [5, 5.41) is 4.66. The summed E-state index contributed by atoms with van der Waals surface area (Å²) in [4.78, 5) is 5.66. The monoisotopic (exact) mass is 324 g/mol. The van der Waals surface area contributed by atoms with Crippen LogP contribution in [-0.4, -0.2) is 11.5 Å². The Morgan fingerprint density at radius 1 is 1.33 bits per heavy atom. The molecule has 1 unspecified atom stereocenters. The number of aromatic nitrogens is 1. The number of benzene rings is 1. The first-order chi connectivity index (χ1) is 8.69. The van der Waals surface area contributed by atoms with Crippen molar-refractivity contribution >= 4 is 27.3 Å². The van der Waals surface area contributed by atoms with Crippen LogP contribution in [0.3, 0.4) is 0 Å². The molecule has 2 nitrogen and oxygen atoms in total. The summed E-state index contributed by atoms with van der Waals surface area (Å²) in [6.45, 7) is 5.16. The smallest absolute Gasteiger partial charge is 0.0897 e. The number of hydrogen-bond donors (Lipinski definition) is 1. The molecule has 0 aliphatic carbocycles. The molecule has 0 aliphatic heterocycles. The van der Waals surface area contributed by atoms with Gasteiger partial charge >= 0.3 is 0 Å². The standard InChI is InChI=1S/C14H17BrN2S/c1-3-16-13(14-9-17-10(2)18-14)8-11-4-6-12(15)7-5-11/h4-7,9,13,16H,3,8H2,1-2H3. The van der Waals surface area contributed by atoms with Crippen molar-refractivity contribution in [3.63, 3.8) is 0 Å². The molecule has 0 radical (unpaired) electrons. The van der Waals surface area contributed by atoms with E-state index in [0.717, 1.165) is 22.4 Å². The van der Waals surface area contributed by atoms with Gasteiger partial charge in [-0.3, -0.25) is 0 Å². The lowest BCUT2D eigenvalue weighted by Crippen LogP contribution is -2.22. The van der Waals surface area contributed by atoms with Gasteiger partial charge in [0.15, 0.2) is 0 Å². The Morgan fingerprint density at radius 2 is 2.06 bits per heavy atom. The maximum absolute atomic E-state index is 4.35. The molecule has 0 saturated carbocycles. The van der Waals surface area contributed by atoms with Crippen molar-refractivity contribution in [2.24, 2.45) is 0 Å². The molecule has 0 bridgehead atoms. The van der Waals surface area contributed by atoms with Crippen molar-refractivity contribution < 1.29 is 0 Å². The third-order valence-corrected chi connectivity index (χ3v) is 4.34. The molecule has 18 heavy (non-hydrogen) atoms. The first-order valence-electron chi connectivity index (χ1n) is 6.09. The van der Waals surface area contributed by atoms with Gasteiger partial charge in [0.05, 0.1) is 5.01 Å². The van der Waals surface area contributed by atoms with E-state index in [-0.39, 0.29) is 0 Å². The molecule has 0 aliphatic rings. The average Bonchev–Trinajstić information content (AvgIpc) is 2.78. The zero-order chi connectivity index (χ0) is 13.0. The van der Waals surface area contributed by atoms with E-state index in [1.54, 1.807) is 11.3 Å². The van der Waals surface area contributed by atoms with Crippen molar-refractivity contribution in [1.82, 2.24) is 10.3 Å². The van der Waals surface area contributed by atoms with Crippen LogP contribution in [0.4, 0.5) is 0 Å². The van der Waals surface area contributed by atoms with E-state index in [1.165, 1.54) is 10.4 Å². The second-order valence-corrected chi connectivity index (χ2v) is 6.40. The fourth-order valence-electron chi connectivity index (χ4n) is 1.91. The van der Waals surface area contributed by atoms with Crippen molar-refractivity contribution in [1.29, 1.82) is 0 Å². The SMILES string of the molecule is CCNC(Cc1ccc(Br)cc1)c1cnc(C)s1. The van der Waals surface area contributed by atoms with E-state index < -0.39 is 0 Å². The molecule has 1 heterocycles. The third-order valence-electron chi connectivity index (χ3n) is 2.79. The van der Waals surface area contributed by atoms with Gasteiger partial charge in [-0.15, -0.1) is 11.3 Å². The molecular formula is C14H17BrN2S. The van der Waals surface area contributed by atoms with Crippen LogP contribution in [0.2, 0.25) is 0 Å². The van der Waals surface area contributed by atoms with Crippen molar-refractivity contribution in [3.8, 4) is 0 Å². The molecule has 96 valence electrons. The van der Waals surface area contributed by atoms with Gasteiger partial charge in [-0.1, -0.05) is 35.0 Å². The highest BCUT2D eigenvalue weighted by Crippen LogP contribution is 2.24. The minimum atomic E-state index is 0.363. The van der Waals surface area contributed by atoms with E-state index >= 15 is 0 Å². The van der Waals surface area contributed by atoms with Gasteiger partial charge in [0.25, 0.3) is 0 Å². The zero-order valence-corrected chi connectivity index (χ0v) is 13.0. The average molecular weight is 325 g/mol. The molecule has 1 aromatic carbocycles. The first-order valence-corrected chi connectivity index (χ1v) is 7.70. The van der Waals surface area contributed by atoms with Crippen LogP contribution in [0.5, 0.6) is 0 Å². The Balaban J connectivity index is 2.13. The first kappa shape index (κ1) is 13.7. The number of likely N-dealkylation sites (N-methyl/N-ethyl adjacent to an activating group) is 1. The number of rotatable bonds is 5. The lowest BCUT2D eigenvalue weighted by molar-refractivity contribution is 0.557. The van der Waals surface area contributed by atoms with E-state index in [0.29, 0.717) is 6.04 Å². The van der Waals surface area contributed by atoms with E-state index in [9.17, 15) is 0 Å². The largest absolute Gasteiger partial charge is 0.309 e. The molecular weight excluding hydrogens is 308 g/mol. The van der Waals surface area contributed by atoms with E-state index in [4.69, 9.17) is 0 Å². The number of nitrogens with one attached hydrogen (secondary N) is 1. The maximum Gasteiger partial charge on any atom is 0.0897 e. The molecule has 1 N–H and O–H groups in total. The normalized spacial score (nSPS) is 12.6. The molecule has 0 fully saturated rings. The topological polar surface area (TPSA) is 24.9 Å². The molecule has 2 aromatic rings. The third kappa shape index (κ3) is 3.64. The highest BCUT2D eigenvalue weighted by Gasteiger charge is 2.13. The Hall–Kier alpha value is -0.710. The fourth-order valence-corrected chi connectivity index (χ4v) is 3.04. The lowest BCUT2D eigenvalue weighted by atomic mass is 10.1. The minimum Gasteiger partial charge on any atom is -0.309 e. The quantitative estimate of drug-likeness (QED) is 0.895. The second-order valence-electron chi connectivity index (χ2n) is 4.22. The summed E-state index contributed by atoms with van der Waals surface area (Å²) in [7, 11) is 0. The number of thiazole rings is 1. The van der Waals surface area contributed by atoms with Gasteiger partial charge in [0.1, 0.15) is 0 Å².